The lowest BCUT2D eigenvalue weighted by molar-refractivity contribution is 0.0907. The van der Waals surface area contributed by atoms with Crippen LogP contribution in [0.2, 0.25) is 0 Å². The number of thioether (sulfide) groups is 1. The molecule has 2 saturated heterocycles. The summed E-state index contributed by atoms with van der Waals surface area (Å²) in [7, 11) is 1.69. The van der Waals surface area contributed by atoms with Gasteiger partial charge in [-0.3, -0.25) is 4.79 Å². The molecule has 19 heavy (non-hydrogen) atoms. The van der Waals surface area contributed by atoms with Crippen LogP contribution >= 0.6 is 11.8 Å². The molecule has 0 radical (unpaired) electrons. The van der Waals surface area contributed by atoms with E-state index in [2.05, 4.69) is 11.8 Å². The first-order valence-corrected chi connectivity index (χ1v) is 7.98. The van der Waals surface area contributed by atoms with Crippen LogP contribution in [-0.4, -0.2) is 23.4 Å². The van der Waals surface area contributed by atoms with Crippen LogP contribution in [0, 0.1) is 5.92 Å². The van der Waals surface area contributed by atoms with E-state index in [0.717, 1.165) is 34.5 Å². The first-order chi connectivity index (χ1) is 9.26. The van der Waals surface area contributed by atoms with Gasteiger partial charge in [-0.1, -0.05) is 24.3 Å². The molecule has 2 heterocycles. The van der Waals surface area contributed by atoms with Crippen molar-refractivity contribution < 1.29 is 9.53 Å². The Hall–Kier alpha value is -0.800. The molecule has 0 saturated carbocycles. The van der Waals surface area contributed by atoms with Gasteiger partial charge in [0.05, 0.1) is 6.61 Å². The van der Waals surface area contributed by atoms with E-state index in [1.807, 2.05) is 24.3 Å². The summed E-state index contributed by atoms with van der Waals surface area (Å²) in [4.78, 5) is 12.5. The average molecular weight is 276 g/mol. The largest absolute Gasteiger partial charge is 0.380 e. The van der Waals surface area contributed by atoms with Crippen LogP contribution in [0.1, 0.15) is 41.6 Å². The standard InChI is InChI=1S/C16H20O2S/c1-18-10-11-2-4-12(5-3-11)16(17)13-8-14-6-7-15(9-13)19-14/h2-5,13-15H,6-10H2,1H3. The maximum atomic E-state index is 12.5. The Labute approximate surface area is 118 Å². The van der Waals surface area contributed by atoms with Crippen molar-refractivity contribution in [1.29, 1.82) is 0 Å². The molecule has 1 aromatic rings. The lowest BCUT2D eigenvalue weighted by atomic mass is 9.90. The van der Waals surface area contributed by atoms with E-state index in [-0.39, 0.29) is 5.92 Å². The molecule has 0 spiro atoms. The Morgan fingerprint density at radius 1 is 1.21 bits per heavy atom. The minimum absolute atomic E-state index is 0.257. The van der Waals surface area contributed by atoms with Crippen molar-refractivity contribution >= 4 is 17.5 Å². The van der Waals surface area contributed by atoms with E-state index in [1.54, 1.807) is 7.11 Å². The summed E-state index contributed by atoms with van der Waals surface area (Å²) >= 11 is 2.11. The van der Waals surface area contributed by atoms with Crippen molar-refractivity contribution in [2.75, 3.05) is 7.11 Å². The lowest BCUT2D eigenvalue weighted by Gasteiger charge is -2.26. The summed E-state index contributed by atoms with van der Waals surface area (Å²) in [6.45, 7) is 0.610. The number of hydrogen-bond acceptors (Lipinski definition) is 3. The topological polar surface area (TPSA) is 26.3 Å². The first kappa shape index (κ1) is 13.2. The van der Waals surface area contributed by atoms with Gasteiger partial charge >= 0.3 is 0 Å². The zero-order valence-electron chi connectivity index (χ0n) is 11.3. The zero-order chi connectivity index (χ0) is 13.2. The number of carbonyl (C=O) groups is 1. The minimum atomic E-state index is 0.257. The molecule has 2 nitrogen and oxygen atoms in total. The van der Waals surface area contributed by atoms with Crippen LogP contribution in [0.5, 0.6) is 0 Å². The van der Waals surface area contributed by atoms with Gasteiger partial charge in [0.2, 0.25) is 0 Å². The van der Waals surface area contributed by atoms with E-state index in [0.29, 0.717) is 12.4 Å². The molecule has 3 rings (SSSR count). The Morgan fingerprint density at radius 3 is 2.42 bits per heavy atom. The van der Waals surface area contributed by atoms with E-state index < -0.39 is 0 Å². The quantitative estimate of drug-likeness (QED) is 0.785. The second-order valence-corrected chi connectivity index (χ2v) is 7.23. The fourth-order valence-electron chi connectivity index (χ4n) is 3.24. The molecule has 0 N–H and O–H groups in total. The highest BCUT2D eigenvalue weighted by atomic mass is 32.2. The Kier molecular flexibility index (Phi) is 3.94. The molecule has 2 aliphatic rings. The van der Waals surface area contributed by atoms with Crippen molar-refractivity contribution in [2.24, 2.45) is 5.92 Å². The number of Topliss-reactive ketones (excluding diaryl/α,β-unsaturated/α-hetero) is 1. The Morgan fingerprint density at radius 2 is 1.84 bits per heavy atom. The van der Waals surface area contributed by atoms with E-state index in [9.17, 15) is 4.79 Å². The van der Waals surface area contributed by atoms with E-state index in [4.69, 9.17) is 4.74 Å². The van der Waals surface area contributed by atoms with Crippen LogP contribution in [0.25, 0.3) is 0 Å². The summed E-state index contributed by atoms with van der Waals surface area (Å²) in [6.07, 6.45) is 4.79. The predicted octanol–water partition coefficient (Wildman–Crippen LogP) is 3.69. The van der Waals surface area contributed by atoms with Crippen molar-refractivity contribution in [3.8, 4) is 0 Å². The highest BCUT2D eigenvalue weighted by molar-refractivity contribution is 8.00. The fourth-order valence-corrected chi connectivity index (χ4v) is 5.01. The van der Waals surface area contributed by atoms with Crippen LogP contribution in [0.3, 0.4) is 0 Å². The molecule has 3 heteroatoms. The highest BCUT2D eigenvalue weighted by Crippen LogP contribution is 2.46. The molecule has 102 valence electrons. The maximum absolute atomic E-state index is 12.5. The molecular formula is C16H20O2S. The number of ketones is 1. The van der Waals surface area contributed by atoms with Crippen molar-refractivity contribution in [3.63, 3.8) is 0 Å². The van der Waals surface area contributed by atoms with Gasteiger partial charge in [-0.05, 0) is 31.2 Å². The summed E-state index contributed by atoms with van der Waals surface area (Å²) in [5.41, 5.74) is 1.99. The van der Waals surface area contributed by atoms with Gasteiger partial charge in [-0.2, -0.15) is 11.8 Å². The van der Waals surface area contributed by atoms with Crippen molar-refractivity contribution in [2.45, 2.75) is 42.8 Å². The number of methoxy groups -OCH3 is 1. The van der Waals surface area contributed by atoms with E-state index in [1.165, 1.54) is 12.8 Å². The second kappa shape index (κ2) is 5.68. The van der Waals surface area contributed by atoms with Gasteiger partial charge in [0.25, 0.3) is 0 Å². The third kappa shape index (κ3) is 2.87. The summed E-state index contributed by atoms with van der Waals surface area (Å²) in [5.74, 6) is 0.605. The van der Waals surface area contributed by atoms with Crippen LogP contribution in [0.4, 0.5) is 0 Å². The van der Waals surface area contributed by atoms with Crippen molar-refractivity contribution in [1.82, 2.24) is 0 Å². The number of fused-ring (bicyclic) bond motifs is 2. The van der Waals surface area contributed by atoms with Gasteiger partial charge in [0.1, 0.15) is 0 Å². The normalized spacial score (nSPS) is 29.4. The zero-order valence-corrected chi connectivity index (χ0v) is 12.1. The van der Waals surface area contributed by atoms with Crippen molar-refractivity contribution in [3.05, 3.63) is 35.4 Å². The summed E-state index contributed by atoms with van der Waals surface area (Å²) in [6, 6.07) is 7.92. The van der Waals surface area contributed by atoms with E-state index >= 15 is 0 Å². The van der Waals surface area contributed by atoms with Crippen LogP contribution < -0.4 is 0 Å². The lowest BCUT2D eigenvalue weighted by Crippen LogP contribution is -2.24. The maximum Gasteiger partial charge on any atom is 0.166 e. The SMILES string of the molecule is COCc1ccc(C(=O)C2CC3CCC(C2)S3)cc1. The molecule has 2 aliphatic heterocycles. The number of ether oxygens (including phenoxy) is 1. The molecule has 1 aromatic carbocycles. The monoisotopic (exact) mass is 276 g/mol. The average Bonchev–Trinajstić information content (AvgIpc) is 2.78. The van der Waals surface area contributed by atoms with Gasteiger partial charge in [-0.15, -0.1) is 0 Å². The second-order valence-electron chi connectivity index (χ2n) is 5.62. The van der Waals surface area contributed by atoms with Gasteiger partial charge < -0.3 is 4.74 Å². The number of benzene rings is 1. The Bertz CT molecular complexity index is 442. The molecule has 0 aliphatic carbocycles. The number of carbonyl (C=O) groups excluding carboxylic acids is 1. The number of hydrogen-bond donors (Lipinski definition) is 0. The molecule has 2 fully saturated rings. The fraction of sp³-hybridized carbons (Fsp3) is 0.562. The molecule has 0 aromatic heterocycles. The predicted molar refractivity (Wildman–Crippen MR) is 78.6 cm³/mol. The molecule has 2 atom stereocenters. The minimum Gasteiger partial charge on any atom is -0.380 e. The van der Waals surface area contributed by atoms with Crippen LogP contribution in [-0.2, 0) is 11.3 Å². The van der Waals surface area contributed by atoms with Gasteiger partial charge in [0.15, 0.2) is 5.78 Å². The molecule has 0 amide bonds. The third-order valence-corrected chi connectivity index (χ3v) is 5.84. The summed E-state index contributed by atoms with van der Waals surface area (Å²) in [5, 5.41) is 1.47. The Balaban J connectivity index is 1.69. The molecule has 2 unspecified atom stereocenters. The van der Waals surface area contributed by atoms with Crippen LogP contribution in [0.15, 0.2) is 24.3 Å². The van der Waals surface area contributed by atoms with Gasteiger partial charge in [-0.25, -0.2) is 0 Å². The molecule has 2 bridgehead atoms. The first-order valence-electron chi connectivity index (χ1n) is 7.04. The van der Waals surface area contributed by atoms with Gasteiger partial charge in [0, 0.05) is 29.1 Å². The molecular weight excluding hydrogens is 256 g/mol. The number of rotatable bonds is 4. The smallest absolute Gasteiger partial charge is 0.166 e. The third-order valence-electron chi connectivity index (χ3n) is 4.21. The summed E-state index contributed by atoms with van der Waals surface area (Å²) < 4.78 is 5.09. The highest BCUT2D eigenvalue weighted by Gasteiger charge is 2.37.